The molecule has 0 saturated heterocycles. The molecule has 0 saturated carbocycles. The molecule has 0 bridgehead atoms. The van der Waals surface area contributed by atoms with Crippen LogP contribution >= 0.6 is 0 Å². The van der Waals surface area contributed by atoms with E-state index in [0.717, 1.165) is 34.0 Å². The van der Waals surface area contributed by atoms with Crippen LogP contribution in [0.4, 0.5) is 0 Å². The van der Waals surface area contributed by atoms with Gasteiger partial charge in [-0.1, -0.05) is 66.7 Å². The van der Waals surface area contributed by atoms with Crippen molar-refractivity contribution in [1.29, 1.82) is 0 Å². The molecule has 1 atom stereocenters. The standard InChI is InChI=1S/C25H27N5O/c1-4-31-23-17-11-9-15-21(23)18-29(3)24(20-13-6-5-7-14-20)25-26-27-28-30(25)22-16-10-8-12-19(22)2/h5-17,24H,4,18H2,1-3H3. The fourth-order valence-corrected chi connectivity index (χ4v) is 3.86. The molecule has 0 aliphatic rings. The van der Waals surface area contributed by atoms with Crippen LogP contribution in [-0.4, -0.2) is 38.8 Å². The molecule has 1 heterocycles. The highest BCUT2D eigenvalue weighted by atomic mass is 16.5. The smallest absolute Gasteiger partial charge is 0.178 e. The zero-order chi connectivity index (χ0) is 21.6. The highest BCUT2D eigenvalue weighted by molar-refractivity contribution is 5.41. The van der Waals surface area contributed by atoms with Gasteiger partial charge in [-0.05, 0) is 54.6 Å². The highest BCUT2D eigenvalue weighted by Crippen LogP contribution is 2.30. The minimum absolute atomic E-state index is 0.134. The number of hydrogen-bond acceptors (Lipinski definition) is 5. The number of rotatable bonds is 8. The Labute approximate surface area is 183 Å². The van der Waals surface area contributed by atoms with Gasteiger partial charge in [0.1, 0.15) is 5.75 Å². The van der Waals surface area contributed by atoms with E-state index in [2.05, 4.69) is 58.7 Å². The van der Waals surface area contributed by atoms with Crippen LogP contribution in [0.25, 0.3) is 5.69 Å². The van der Waals surface area contributed by atoms with Crippen LogP contribution in [0.3, 0.4) is 0 Å². The lowest BCUT2D eigenvalue weighted by Crippen LogP contribution is -2.28. The zero-order valence-corrected chi connectivity index (χ0v) is 18.1. The molecule has 0 spiro atoms. The molecule has 4 rings (SSSR count). The molecule has 0 radical (unpaired) electrons. The molecule has 1 aromatic heterocycles. The summed E-state index contributed by atoms with van der Waals surface area (Å²) in [5.74, 6) is 1.68. The van der Waals surface area contributed by atoms with Gasteiger partial charge in [0.05, 0.1) is 18.3 Å². The predicted octanol–water partition coefficient (Wildman–Crippen LogP) is 4.59. The number of hydrogen-bond donors (Lipinski definition) is 0. The molecule has 0 aliphatic heterocycles. The van der Waals surface area contributed by atoms with Crippen LogP contribution < -0.4 is 4.74 Å². The van der Waals surface area contributed by atoms with Crippen LogP contribution in [0.1, 0.15) is 35.5 Å². The Kier molecular flexibility index (Phi) is 6.38. The summed E-state index contributed by atoms with van der Waals surface area (Å²) in [5, 5.41) is 12.8. The Morgan fingerprint density at radius 1 is 0.935 bits per heavy atom. The van der Waals surface area contributed by atoms with Crippen molar-refractivity contribution in [2.75, 3.05) is 13.7 Å². The minimum atomic E-state index is -0.134. The van der Waals surface area contributed by atoms with Crippen molar-refractivity contribution in [1.82, 2.24) is 25.1 Å². The van der Waals surface area contributed by atoms with Gasteiger partial charge in [-0.25, -0.2) is 0 Å². The summed E-state index contributed by atoms with van der Waals surface area (Å²) >= 11 is 0. The van der Waals surface area contributed by atoms with E-state index >= 15 is 0 Å². The average Bonchev–Trinajstić information content (AvgIpc) is 3.25. The third kappa shape index (κ3) is 4.49. The van der Waals surface area contributed by atoms with Crippen LogP contribution in [-0.2, 0) is 6.54 Å². The van der Waals surface area contributed by atoms with E-state index < -0.39 is 0 Å². The van der Waals surface area contributed by atoms with E-state index in [1.54, 1.807) is 0 Å². The number of para-hydroxylation sites is 2. The Bertz CT molecular complexity index is 1130. The first-order chi connectivity index (χ1) is 15.2. The van der Waals surface area contributed by atoms with Gasteiger partial charge in [0.15, 0.2) is 5.82 Å². The molecule has 0 amide bonds. The van der Waals surface area contributed by atoms with Crippen LogP contribution in [0.2, 0.25) is 0 Å². The summed E-state index contributed by atoms with van der Waals surface area (Å²) in [4.78, 5) is 2.26. The largest absolute Gasteiger partial charge is 0.494 e. The van der Waals surface area contributed by atoms with Gasteiger partial charge in [-0.3, -0.25) is 4.90 Å². The van der Waals surface area contributed by atoms with Crippen LogP contribution in [0.15, 0.2) is 78.9 Å². The quantitative estimate of drug-likeness (QED) is 0.423. The molecular weight excluding hydrogens is 386 g/mol. The molecule has 6 nitrogen and oxygen atoms in total. The Balaban J connectivity index is 1.76. The predicted molar refractivity (Wildman–Crippen MR) is 121 cm³/mol. The first kappa shape index (κ1) is 20.8. The summed E-state index contributed by atoms with van der Waals surface area (Å²) < 4.78 is 7.70. The molecule has 0 fully saturated rings. The van der Waals surface area contributed by atoms with E-state index in [-0.39, 0.29) is 6.04 Å². The third-order valence-corrected chi connectivity index (χ3v) is 5.33. The summed E-state index contributed by atoms with van der Waals surface area (Å²) in [7, 11) is 2.09. The highest BCUT2D eigenvalue weighted by Gasteiger charge is 2.27. The fourth-order valence-electron chi connectivity index (χ4n) is 3.86. The van der Waals surface area contributed by atoms with Gasteiger partial charge < -0.3 is 4.74 Å². The maximum absolute atomic E-state index is 5.85. The van der Waals surface area contributed by atoms with E-state index in [1.165, 1.54) is 0 Å². The summed E-state index contributed by atoms with van der Waals surface area (Å²) in [6.45, 7) is 5.40. The molecule has 3 aromatic carbocycles. The van der Waals surface area contributed by atoms with Crippen LogP contribution in [0.5, 0.6) is 5.75 Å². The van der Waals surface area contributed by atoms with Gasteiger partial charge >= 0.3 is 0 Å². The van der Waals surface area contributed by atoms with E-state index in [9.17, 15) is 0 Å². The monoisotopic (exact) mass is 413 g/mol. The Hall–Kier alpha value is -3.51. The molecule has 6 heteroatoms. The first-order valence-electron chi connectivity index (χ1n) is 10.5. The van der Waals surface area contributed by atoms with E-state index in [1.807, 2.05) is 66.2 Å². The summed E-state index contributed by atoms with van der Waals surface area (Å²) in [6.07, 6.45) is 0. The number of tetrazole rings is 1. The second-order valence-electron chi connectivity index (χ2n) is 7.50. The van der Waals surface area contributed by atoms with Crippen molar-refractivity contribution in [3.63, 3.8) is 0 Å². The van der Waals surface area contributed by atoms with E-state index in [4.69, 9.17) is 4.74 Å². The topological polar surface area (TPSA) is 56.1 Å². The maximum atomic E-state index is 5.85. The fraction of sp³-hybridized carbons (Fsp3) is 0.240. The molecule has 4 aromatic rings. The van der Waals surface area contributed by atoms with Gasteiger partial charge in [0, 0.05) is 12.1 Å². The molecule has 1 unspecified atom stereocenters. The third-order valence-electron chi connectivity index (χ3n) is 5.33. The van der Waals surface area contributed by atoms with Crippen molar-refractivity contribution in [2.45, 2.75) is 26.4 Å². The van der Waals surface area contributed by atoms with Gasteiger partial charge in [0.2, 0.25) is 0 Å². The maximum Gasteiger partial charge on any atom is 0.178 e. The average molecular weight is 414 g/mol. The van der Waals surface area contributed by atoms with Gasteiger partial charge in [-0.2, -0.15) is 4.68 Å². The normalized spacial score (nSPS) is 12.1. The summed E-state index contributed by atoms with van der Waals surface area (Å²) in [6, 6.07) is 26.5. The Morgan fingerprint density at radius 2 is 1.65 bits per heavy atom. The second kappa shape index (κ2) is 9.53. The number of ether oxygens (including phenoxy) is 1. The lowest BCUT2D eigenvalue weighted by molar-refractivity contribution is 0.251. The lowest BCUT2D eigenvalue weighted by Gasteiger charge is -2.28. The zero-order valence-electron chi connectivity index (χ0n) is 18.1. The van der Waals surface area contributed by atoms with Crippen molar-refractivity contribution in [3.05, 3.63) is 101 Å². The van der Waals surface area contributed by atoms with Gasteiger partial charge in [0.25, 0.3) is 0 Å². The number of benzene rings is 3. The SMILES string of the molecule is CCOc1ccccc1CN(C)C(c1ccccc1)c1nnnn1-c1ccccc1C. The number of aryl methyl sites for hydroxylation is 1. The second-order valence-corrected chi connectivity index (χ2v) is 7.50. The van der Waals surface area contributed by atoms with Crippen molar-refractivity contribution >= 4 is 0 Å². The Morgan fingerprint density at radius 3 is 2.42 bits per heavy atom. The van der Waals surface area contributed by atoms with Crippen molar-refractivity contribution in [3.8, 4) is 11.4 Å². The summed E-state index contributed by atoms with van der Waals surface area (Å²) in [5.41, 5.74) is 4.35. The van der Waals surface area contributed by atoms with E-state index in [0.29, 0.717) is 13.2 Å². The molecule has 158 valence electrons. The number of aromatic nitrogens is 4. The minimum Gasteiger partial charge on any atom is -0.494 e. The van der Waals surface area contributed by atoms with Crippen molar-refractivity contribution in [2.24, 2.45) is 0 Å². The van der Waals surface area contributed by atoms with Crippen molar-refractivity contribution < 1.29 is 4.74 Å². The number of nitrogens with zero attached hydrogens (tertiary/aromatic N) is 5. The molecule has 0 N–H and O–H groups in total. The first-order valence-corrected chi connectivity index (χ1v) is 10.5. The lowest BCUT2D eigenvalue weighted by atomic mass is 10.0. The van der Waals surface area contributed by atoms with Crippen LogP contribution in [0, 0.1) is 6.92 Å². The molecular formula is C25H27N5O. The molecule has 31 heavy (non-hydrogen) atoms. The van der Waals surface area contributed by atoms with Gasteiger partial charge in [-0.15, -0.1) is 5.10 Å². The molecule has 0 aliphatic carbocycles.